The lowest BCUT2D eigenvalue weighted by molar-refractivity contribution is -0.140. The summed E-state index contributed by atoms with van der Waals surface area (Å²) in [5, 5.41) is 2.97. The monoisotopic (exact) mass is 617 g/mol. The van der Waals surface area contributed by atoms with Crippen LogP contribution in [-0.4, -0.2) is 50.0 Å². The van der Waals surface area contributed by atoms with E-state index in [4.69, 9.17) is 0 Å². The molecule has 39 heavy (non-hydrogen) atoms. The molecule has 0 unspecified atom stereocenters. The van der Waals surface area contributed by atoms with E-state index in [1.807, 2.05) is 44.2 Å². The Morgan fingerprint density at radius 2 is 1.56 bits per heavy atom. The standard InChI is InChI=1S/C29H33BrFN3O4S/c1-4-21(2)32-29(36)27(18-22-10-6-5-7-11-22)33(19-23-14-16-24(31)17-15-23)28(35)20-34(39(3,37)38)26-13-9-8-12-25(26)30/h5-17,21,27H,4,18-20H2,1-3H3,(H,32,36)/t21-,27+/m0/s1. The number of nitrogens with one attached hydrogen (secondary N) is 1. The van der Waals surface area contributed by atoms with Crippen molar-refractivity contribution >= 4 is 43.5 Å². The Kier molecular flexibility index (Phi) is 10.7. The van der Waals surface area contributed by atoms with Gasteiger partial charge in [0.2, 0.25) is 21.8 Å². The largest absolute Gasteiger partial charge is 0.352 e. The van der Waals surface area contributed by atoms with Crippen molar-refractivity contribution < 1.29 is 22.4 Å². The van der Waals surface area contributed by atoms with Crippen molar-refractivity contribution in [3.05, 3.63) is 100 Å². The molecule has 1 N–H and O–H groups in total. The number of halogens is 2. The van der Waals surface area contributed by atoms with Gasteiger partial charge in [-0.1, -0.05) is 61.5 Å². The van der Waals surface area contributed by atoms with Crippen molar-refractivity contribution in [3.8, 4) is 0 Å². The molecule has 0 spiro atoms. The van der Waals surface area contributed by atoms with Gasteiger partial charge in [-0.15, -0.1) is 0 Å². The first-order chi connectivity index (χ1) is 18.5. The number of rotatable bonds is 12. The lowest BCUT2D eigenvalue weighted by Gasteiger charge is -2.34. The highest BCUT2D eigenvalue weighted by Gasteiger charge is 2.33. The average Bonchev–Trinajstić information content (AvgIpc) is 2.90. The second kappa shape index (κ2) is 13.7. The van der Waals surface area contributed by atoms with Crippen LogP contribution >= 0.6 is 15.9 Å². The van der Waals surface area contributed by atoms with E-state index in [2.05, 4.69) is 21.2 Å². The second-order valence-corrected chi connectivity index (χ2v) is 12.2. The van der Waals surface area contributed by atoms with Crippen LogP contribution in [0.4, 0.5) is 10.1 Å². The van der Waals surface area contributed by atoms with E-state index in [-0.39, 0.29) is 24.9 Å². The fourth-order valence-corrected chi connectivity index (χ4v) is 5.51. The molecule has 0 aliphatic rings. The van der Waals surface area contributed by atoms with Crippen molar-refractivity contribution in [2.45, 2.75) is 45.3 Å². The second-order valence-electron chi connectivity index (χ2n) is 9.39. The number of nitrogens with zero attached hydrogens (tertiary/aromatic N) is 2. The van der Waals surface area contributed by atoms with E-state index in [1.54, 1.807) is 36.4 Å². The van der Waals surface area contributed by atoms with E-state index in [0.717, 1.165) is 16.1 Å². The van der Waals surface area contributed by atoms with Crippen molar-refractivity contribution in [3.63, 3.8) is 0 Å². The summed E-state index contributed by atoms with van der Waals surface area (Å²) in [6.45, 7) is 3.28. The number of carbonyl (C=O) groups is 2. The Hall–Kier alpha value is -3.24. The highest BCUT2D eigenvalue weighted by atomic mass is 79.9. The number of hydrogen-bond donors (Lipinski definition) is 1. The van der Waals surface area contributed by atoms with E-state index < -0.39 is 34.3 Å². The van der Waals surface area contributed by atoms with Gasteiger partial charge < -0.3 is 10.2 Å². The van der Waals surface area contributed by atoms with Gasteiger partial charge in [-0.2, -0.15) is 0 Å². The van der Waals surface area contributed by atoms with Crippen LogP contribution in [0.25, 0.3) is 0 Å². The number of anilines is 1. The number of para-hydroxylation sites is 1. The molecular formula is C29H33BrFN3O4S. The zero-order chi connectivity index (χ0) is 28.6. The molecule has 0 aliphatic heterocycles. The third-order valence-corrected chi connectivity index (χ3v) is 8.14. The maximum Gasteiger partial charge on any atom is 0.244 e. The summed E-state index contributed by atoms with van der Waals surface area (Å²) in [4.78, 5) is 29.0. The summed E-state index contributed by atoms with van der Waals surface area (Å²) in [7, 11) is -3.87. The van der Waals surface area contributed by atoms with Crippen LogP contribution in [0.15, 0.2) is 83.3 Å². The molecule has 3 rings (SSSR count). The van der Waals surface area contributed by atoms with Crippen molar-refractivity contribution in [1.82, 2.24) is 10.2 Å². The molecule has 0 bridgehead atoms. The Balaban J connectivity index is 2.06. The molecule has 0 saturated heterocycles. The van der Waals surface area contributed by atoms with Crippen LogP contribution in [0.1, 0.15) is 31.4 Å². The van der Waals surface area contributed by atoms with E-state index in [1.165, 1.54) is 17.0 Å². The average molecular weight is 619 g/mol. The van der Waals surface area contributed by atoms with Crippen LogP contribution in [0.5, 0.6) is 0 Å². The van der Waals surface area contributed by atoms with Gasteiger partial charge in [-0.05, 0) is 64.7 Å². The summed E-state index contributed by atoms with van der Waals surface area (Å²) in [6, 6.07) is 20.6. The molecular weight excluding hydrogens is 585 g/mol. The topological polar surface area (TPSA) is 86.8 Å². The molecule has 3 aromatic carbocycles. The Bertz CT molecular complexity index is 1370. The van der Waals surface area contributed by atoms with Crippen LogP contribution in [0, 0.1) is 5.82 Å². The van der Waals surface area contributed by atoms with E-state index in [0.29, 0.717) is 22.1 Å². The minimum Gasteiger partial charge on any atom is -0.352 e. The Labute approximate surface area is 238 Å². The van der Waals surface area contributed by atoms with Crippen LogP contribution < -0.4 is 9.62 Å². The Morgan fingerprint density at radius 1 is 0.949 bits per heavy atom. The predicted octanol–water partition coefficient (Wildman–Crippen LogP) is 4.91. The molecule has 7 nitrogen and oxygen atoms in total. The number of carbonyl (C=O) groups excluding carboxylic acids is 2. The van der Waals surface area contributed by atoms with Gasteiger partial charge in [0.05, 0.1) is 11.9 Å². The van der Waals surface area contributed by atoms with Gasteiger partial charge in [0.1, 0.15) is 18.4 Å². The lowest BCUT2D eigenvalue weighted by Crippen LogP contribution is -2.54. The predicted molar refractivity (Wildman–Crippen MR) is 155 cm³/mol. The number of sulfonamides is 1. The highest BCUT2D eigenvalue weighted by Crippen LogP contribution is 2.28. The number of hydrogen-bond acceptors (Lipinski definition) is 4. The van der Waals surface area contributed by atoms with Crippen molar-refractivity contribution in [2.24, 2.45) is 0 Å². The van der Waals surface area contributed by atoms with Gasteiger partial charge in [0.25, 0.3) is 0 Å². The minimum absolute atomic E-state index is 0.0158. The molecule has 0 fully saturated rings. The number of amides is 2. The first-order valence-corrected chi connectivity index (χ1v) is 15.2. The summed E-state index contributed by atoms with van der Waals surface area (Å²) in [6.07, 6.45) is 1.94. The molecule has 3 aromatic rings. The quantitative estimate of drug-likeness (QED) is 0.313. The first-order valence-electron chi connectivity index (χ1n) is 12.6. The van der Waals surface area contributed by atoms with Gasteiger partial charge in [0, 0.05) is 23.5 Å². The van der Waals surface area contributed by atoms with E-state index in [9.17, 15) is 22.4 Å². The van der Waals surface area contributed by atoms with Crippen molar-refractivity contribution in [1.29, 1.82) is 0 Å². The van der Waals surface area contributed by atoms with Crippen LogP contribution in [0.3, 0.4) is 0 Å². The highest BCUT2D eigenvalue weighted by molar-refractivity contribution is 9.10. The molecule has 10 heteroatoms. The maximum absolute atomic E-state index is 14.0. The van der Waals surface area contributed by atoms with E-state index >= 15 is 0 Å². The molecule has 208 valence electrons. The van der Waals surface area contributed by atoms with Gasteiger partial charge in [0.15, 0.2) is 0 Å². The normalized spacial score (nSPS) is 12.8. The molecule has 2 amide bonds. The molecule has 0 aromatic heterocycles. The van der Waals surface area contributed by atoms with Crippen LogP contribution in [0.2, 0.25) is 0 Å². The first kappa shape index (κ1) is 30.3. The molecule has 0 radical (unpaired) electrons. The van der Waals surface area contributed by atoms with Gasteiger partial charge >= 0.3 is 0 Å². The summed E-state index contributed by atoms with van der Waals surface area (Å²) in [5.41, 5.74) is 1.74. The fraction of sp³-hybridized carbons (Fsp3) is 0.310. The lowest BCUT2D eigenvalue weighted by atomic mass is 10.0. The smallest absolute Gasteiger partial charge is 0.244 e. The van der Waals surface area contributed by atoms with Crippen LogP contribution in [-0.2, 0) is 32.6 Å². The molecule has 2 atom stereocenters. The fourth-order valence-electron chi connectivity index (χ4n) is 4.03. The third-order valence-electron chi connectivity index (χ3n) is 6.34. The zero-order valence-electron chi connectivity index (χ0n) is 22.2. The summed E-state index contributed by atoms with van der Waals surface area (Å²) < 4.78 is 40.8. The SMILES string of the molecule is CC[C@H](C)NC(=O)[C@@H](Cc1ccccc1)N(Cc1ccc(F)cc1)C(=O)CN(c1ccccc1Br)S(C)(=O)=O. The summed E-state index contributed by atoms with van der Waals surface area (Å²) in [5.74, 6) is -1.35. The molecule has 0 aliphatic carbocycles. The molecule has 0 saturated carbocycles. The van der Waals surface area contributed by atoms with Crippen molar-refractivity contribution in [2.75, 3.05) is 17.1 Å². The maximum atomic E-state index is 14.0. The zero-order valence-corrected chi connectivity index (χ0v) is 24.6. The summed E-state index contributed by atoms with van der Waals surface area (Å²) >= 11 is 3.38. The minimum atomic E-state index is -3.87. The number of benzene rings is 3. The van der Waals surface area contributed by atoms with Gasteiger partial charge in [-0.3, -0.25) is 13.9 Å². The van der Waals surface area contributed by atoms with Gasteiger partial charge in [-0.25, -0.2) is 12.8 Å². The third kappa shape index (κ3) is 8.63. The molecule has 0 heterocycles. The Morgan fingerprint density at radius 3 is 2.15 bits per heavy atom.